The molecule has 1 heterocycles. The van der Waals surface area contributed by atoms with Crippen LogP contribution in [-0.4, -0.2) is 26.7 Å². The highest BCUT2D eigenvalue weighted by atomic mass is 16.6. The molecule has 0 bridgehead atoms. The molecule has 0 spiro atoms. The Hall–Kier alpha value is -2.70. The largest absolute Gasteiger partial charge is 0.351 e. The van der Waals surface area contributed by atoms with Gasteiger partial charge in [0.15, 0.2) is 0 Å². The topological polar surface area (TPSA) is 90.1 Å². The van der Waals surface area contributed by atoms with Gasteiger partial charge in [-0.3, -0.25) is 19.6 Å². The number of carbonyl (C=O) groups excluding carboxylic acids is 1. The van der Waals surface area contributed by atoms with E-state index in [0.717, 1.165) is 6.20 Å². The fraction of sp³-hybridized carbons (Fsp3) is 0.412. The summed E-state index contributed by atoms with van der Waals surface area (Å²) in [5.74, 6) is -0.235. The Morgan fingerprint density at radius 1 is 1.42 bits per heavy atom. The Labute approximate surface area is 140 Å². The van der Waals surface area contributed by atoms with E-state index in [1.165, 1.54) is 22.0 Å². The second-order valence-electron chi connectivity index (χ2n) is 6.46. The molecule has 0 aliphatic carbocycles. The van der Waals surface area contributed by atoms with Gasteiger partial charge in [-0.2, -0.15) is 5.10 Å². The van der Waals surface area contributed by atoms with E-state index in [2.05, 4.69) is 10.4 Å². The molecule has 1 amide bonds. The SMILES string of the molecule is Cc1ccccc1C[C@H](C)NC(=O)C(C)(C)n1cc([N+](=O)[O-])cn1. The Morgan fingerprint density at radius 2 is 2.08 bits per heavy atom. The van der Waals surface area contributed by atoms with Crippen LogP contribution in [0.25, 0.3) is 0 Å². The van der Waals surface area contributed by atoms with Crippen LogP contribution >= 0.6 is 0 Å². The van der Waals surface area contributed by atoms with Crippen LogP contribution in [-0.2, 0) is 16.8 Å². The Morgan fingerprint density at radius 3 is 2.67 bits per heavy atom. The highest BCUT2D eigenvalue weighted by Gasteiger charge is 2.32. The highest BCUT2D eigenvalue weighted by Crippen LogP contribution is 2.19. The Bertz CT molecular complexity index is 752. The molecule has 1 aromatic heterocycles. The third kappa shape index (κ3) is 3.79. The number of hydrogen-bond donors (Lipinski definition) is 1. The van der Waals surface area contributed by atoms with Crippen LogP contribution < -0.4 is 5.32 Å². The number of nitrogens with zero attached hydrogens (tertiary/aromatic N) is 3. The van der Waals surface area contributed by atoms with Gasteiger partial charge in [0.1, 0.15) is 17.9 Å². The van der Waals surface area contributed by atoms with E-state index in [1.54, 1.807) is 13.8 Å². The maximum absolute atomic E-state index is 12.6. The molecule has 24 heavy (non-hydrogen) atoms. The zero-order valence-electron chi connectivity index (χ0n) is 14.3. The quantitative estimate of drug-likeness (QED) is 0.651. The molecule has 0 fully saturated rings. The highest BCUT2D eigenvalue weighted by molar-refractivity contribution is 5.83. The molecule has 0 unspecified atom stereocenters. The molecule has 0 saturated carbocycles. The lowest BCUT2D eigenvalue weighted by Gasteiger charge is -2.26. The number of rotatable bonds is 6. The van der Waals surface area contributed by atoms with Gasteiger partial charge in [-0.25, -0.2) is 0 Å². The number of nitro groups is 1. The lowest BCUT2D eigenvalue weighted by atomic mass is 10.00. The molecule has 0 saturated heterocycles. The van der Waals surface area contributed by atoms with Gasteiger partial charge in [-0.05, 0) is 45.2 Å². The first-order chi connectivity index (χ1) is 11.2. The molecule has 0 radical (unpaired) electrons. The number of amides is 1. The first-order valence-corrected chi connectivity index (χ1v) is 7.77. The Balaban J connectivity index is 2.06. The second-order valence-corrected chi connectivity index (χ2v) is 6.46. The second kappa shape index (κ2) is 6.82. The van der Waals surface area contributed by atoms with Crippen LogP contribution in [0.5, 0.6) is 0 Å². The van der Waals surface area contributed by atoms with Crippen molar-refractivity contribution >= 4 is 11.6 Å². The summed E-state index contributed by atoms with van der Waals surface area (Å²) in [6.07, 6.45) is 3.13. The maximum atomic E-state index is 12.6. The van der Waals surface area contributed by atoms with Crippen molar-refractivity contribution in [1.82, 2.24) is 15.1 Å². The van der Waals surface area contributed by atoms with Crippen LogP contribution in [0.3, 0.4) is 0 Å². The average Bonchev–Trinajstić information content (AvgIpc) is 3.00. The molecule has 1 atom stereocenters. The summed E-state index contributed by atoms with van der Waals surface area (Å²) in [5.41, 5.74) is 1.20. The van der Waals surface area contributed by atoms with Gasteiger partial charge >= 0.3 is 5.69 Å². The lowest BCUT2D eigenvalue weighted by molar-refractivity contribution is -0.385. The van der Waals surface area contributed by atoms with E-state index in [-0.39, 0.29) is 17.6 Å². The van der Waals surface area contributed by atoms with Crippen molar-refractivity contribution < 1.29 is 9.72 Å². The third-order valence-electron chi connectivity index (χ3n) is 4.07. The summed E-state index contributed by atoms with van der Waals surface area (Å²) in [5, 5.41) is 17.7. The maximum Gasteiger partial charge on any atom is 0.307 e. The van der Waals surface area contributed by atoms with Crippen molar-refractivity contribution in [3.8, 4) is 0 Å². The van der Waals surface area contributed by atoms with Crippen LogP contribution in [0.4, 0.5) is 5.69 Å². The van der Waals surface area contributed by atoms with Crippen molar-refractivity contribution in [2.75, 3.05) is 0 Å². The monoisotopic (exact) mass is 330 g/mol. The molecule has 2 aromatic rings. The van der Waals surface area contributed by atoms with E-state index < -0.39 is 10.5 Å². The summed E-state index contributed by atoms with van der Waals surface area (Å²) in [7, 11) is 0. The summed E-state index contributed by atoms with van der Waals surface area (Å²) < 4.78 is 1.32. The summed E-state index contributed by atoms with van der Waals surface area (Å²) >= 11 is 0. The zero-order chi connectivity index (χ0) is 17.9. The van der Waals surface area contributed by atoms with Gasteiger partial charge < -0.3 is 5.32 Å². The summed E-state index contributed by atoms with van der Waals surface area (Å²) in [6, 6.07) is 7.97. The van der Waals surface area contributed by atoms with Crippen molar-refractivity contribution in [3.05, 3.63) is 57.9 Å². The number of aromatic nitrogens is 2. The molecule has 0 aliphatic rings. The molecule has 1 N–H and O–H groups in total. The molecular weight excluding hydrogens is 308 g/mol. The van der Waals surface area contributed by atoms with Gasteiger partial charge in [-0.15, -0.1) is 0 Å². The summed E-state index contributed by atoms with van der Waals surface area (Å²) in [6.45, 7) is 7.34. The summed E-state index contributed by atoms with van der Waals surface area (Å²) in [4.78, 5) is 22.8. The van der Waals surface area contributed by atoms with Crippen molar-refractivity contribution in [2.24, 2.45) is 0 Å². The number of hydrogen-bond acceptors (Lipinski definition) is 4. The van der Waals surface area contributed by atoms with E-state index in [4.69, 9.17) is 0 Å². The van der Waals surface area contributed by atoms with Gasteiger partial charge in [0.05, 0.1) is 4.92 Å². The van der Waals surface area contributed by atoms with Gasteiger partial charge in [0.2, 0.25) is 5.91 Å². The fourth-order valence-electron chi connectivity index (χ4n) is 2.44. The van der Waals surface area contributed by atoms with E-state index >= 15 is 0 Å². The van der Waals surface area contributed by atoms with Gasteiger partial charge in [0, 0.05) is 6.04 Å². The number of nitrogens with one attached hydrogen (secondary N) is 1. The van der Waals surface area contributed by atoms with Gasteiger partial charge in [-0.1, -0.05) is 24.3 Å². The first kappa shape index (κ1) is 17.7. The van der Waals surface area contributed by atoms with Crippen LogP contribution in [0.15, 0.2) is 36.7 Å². The predicted molar refractivity (Wildman–Crippen MR) is 90.7 cm³/mol. The fourth-order valence-corrected chi connectivity index (χ4v) is 2.44. The first-order valence-electron chi connectivity index (χ1n) is 7.77. The molecule has 0 aliphatic heterocycles. The van der Waals surface area contributed by atoms with Crippen molar-refractivity contribution in [1.29, 1.82) is 0 Å². The normalized spacial score (nSPS) is 12.7. The van der Waals surface area contributed by atoms with Crippen molar-refractivity contribution in [2.45, 2.75) is 45.7 Å². The van der Waals surface area contributed by atoms with E-state index in [9.17, 15) is 14.9 Å². The smallest absolute Gasteiger partial charge is 0.307 e. The molecular formula is C17H22N4O3. The van der Waals surface area contributed by atoms with E-state index in [1.807, 2.05) is 38.1 Å². The minimum absolute atomic E-state index is 0.0663. The van der Waals surface area contributed by atoms with E-state index in [0.29, 0.717) is 6.42 Å². The third-order valence-corrected chi connectivity index (χ3v) is 4.07. The molecule has 1 aromatic carbocycles. The van der Waals surface area contributed by atoms with Crippen LogP contribution in [0, 0.1) is 17.0 Å². The van der Waals surface area contributed by atoms with Gasteiger partial charge in [0.25, 0.3) is 0 Å². The van der Waals surface area contributed by atoms with Crippen LogP contribution in [0.1, 0.15) is 31.9 Å². The molecule has 7 heteroatoms. The minimum Gasteiger partial charge on any atom is -0.351 e. The lowest BCUT2D eigenvalue weighted by Crippen LogP contribution is -2.48. The predicted octanol–water partition coefficient (Wildman–Crippen LogP) is 2.58. The molecule has 2 rings (SSSR count). The van der Waals surface area contributed by atoms with Crippen LogP contribution in [0.2, 0.25) is 0 Å². The van der Waals surface area contributed by atoms with Crippen molar-refractivity contribution in [3.63, 3.8) is 0 Å². The molecule has 128 valence electrons. The number of aryl methyl sites for hydroxylation is 1. The standard InChI is InChI=1S/C17H22N4O3/c1-12-7-5-6-8-14(12)9-13(2)19-16(22)17(3,4)20-11-15(10-18-20)21(23)24/h5-8,10-11,13H,9H2,1-4H3,(H,19,22)/t13-/m0/s1. The number of carbonyl (C=O) groups is 1. The molecule has 7 nitrogen and oxygen atoms in total. The Kier molecular flexibility index (Phi) is 5.02. The zero-order valence-corrected chi connectivity index (χ0v) is 14.3. The number of benzene rings is 1. The minimum atomic E-state index is -1.02. The average molecular weight is 330 g/mol.